The molecule has 12 heteroatoms. The Morgan fingerprint density at radius 3 is 1.03 bits per heavy atom. The summed E-state index contributed by atoms with van der Waals surface area (Å²) < 4.78 is 36.2. The summed E-state index contributed by atoms with van der Waals surface area (Å²) in [5, 5.41) is 1.23. The quantitative estimate of drug-likeness (QED) is 0.113. The zero-order chi connectivity index (χ0) is 23.7. The van der Waals surface area contributed by atoms with Crippen LogP contribution in [0.1, 0.15) is 67.2 Å². The summed E-state index contributed by atoms with van der Waals surface area (Å²) in [5.74, 6) is 0. The first kappa shape index (κ1) is 31.6. The number of rotatable bonds is 20. The molecule has 0 aromatic heterocycles. The zero-order valence-corrected chi connectivity index (χ0v) is 26.0. The maximum absolute atomic E-state index is 6.03. The van der Waals surface area contributed by atoms with E-state index in [0.717, 1.165) is 37.8 Å². The zero-order valence-electron chi connectivity index (χ0n) is 20.7. The van der Waals surface area contributed by atoms with Gasteiger partial charge >= 0.3 is 17.6 Å². The fourth-order valence-electron chi connectivity index (χ4n) is 3.77. The second kappa shape index (κ2) is 18.8. The average Bonchev–Trinajstić information content (AvgIpc) is 2.76. The van der Waals surface area contributed by atoms with Gasteiger partial charge in [-0.05, 0) is 86.9 Å². The van der Waals surface area contributed by atoms with Crippen LogP contribution in [0.3, 0.4) is 0 Å². The fraction of sp³-hybridized carbons (Fsp3) is 1.00. The van der Waals surface area contributed by atoms with E-state index in [4.69, 9.17) is 26.6 Å². The smallest absolute Gasteiger partial charge is 0.374 e. The molecule has 0 bridgehead atoms. The molecule has 32 heavy (non-hydrogen) atoms. The lowest BCUT2D eigenvalue weighted by Gasteiger charge is -2.32. The molecule has 1 fully saturated rings. The average molecular weight is 565 g/mol. The largest absolute Gasteiger partial charge is 0.500 e. The Labute approximate surface area is 214 Å². The second-order valence-corrected chi connectivity index (χ2v) is 18.9. The third-order valence-corrected chi connectivity index (χ3v) is 18.7. The van der Waals surface area contributed by atoms with Gasteiger partial charge in [0.05, 0.1) is 0 Å². The SMILES string of the molecule is CCO[Si](CCCC1SSSSC1CCC[Si](OCC)(OCC)OCC)(OCC)OCC. The Hall–Kier alpha value is 1.59. The molecule has 2 unspecified atom stereocenters. The molecule has 6 nitrogen and oxygen atoms in total. The van der Waals surface area contributed by atoms with Crippen LogP contribution < -0.4 is 0 Å². The fourth-order valence-corrected chi connectivity index (χ4v) is 17.4. The summed E-state index contributed by atoms with van der Waals surface area (Å²) in [6.07, 6.45) is 4.45. The molecule has 0 saturated carbocycles. The lowest BCUT2D eigenvalue weighted by molar-refractivity contribution is 0.0696. The molecule has 2 atom stereocenters. The van der Waals surface area contributed by atoms with E-state index in [0.29, 0.717) is 50.1 Å². The van der Waals surface area contributed by atoms with Crippen molar-refractivity contribution in [2.45, 2.75) is 89.8 Å². The van der Waals surface area contributed by atoms with E-state index in [2.05, 4.69) is 0 Å². The van der Waals surface area contributed by atoms with Gasteiger partial charge in [0.15, 0.2) is 0 Å². The van der Waals surface area contributed by atoms with Crippen molar-refractivity contribution in [1.29, 1.82) is 0 Å². The third kappa shape index (κ3) is 11.6. The van der Waals surface area contributed by atoms with Gasteiger partial charge in [0.2, 0.25) is 0 Å². The number of hydrogen-bond acceptors (Lipinski definition) is 10. The van der Waals surface area contributed by atoms with Crippen LogP contribution in [-0.2, 0) is 26.6 Å². The molecule has 0 spiro atoms. The monoisotopic (exact) mass is 564 g/mol. The van der Waals surface area contributed by atoms with E-state index in [1.54, 1.807) is 0 Å². The van der Waals surface area contributed by atoms with Crippen molar-refractivity contribution in [2.24, 2.45) is 0 Å². The molecule has 0 amide bonds. The predicted molar refractivity (Wildman–Crippen MR) is 147 cm³/mol. The minimum absolute atomic E-state index is 0.616. The van der Waals surface area contributed by atoms with E-state index in [9.17, 15) is 0 Å². The molecule has 0 N–H and O–H groups in total. The van der Waals surface area contributed by atoms with E-state index >= 15 is 0 Å². The van der Waals surface area contributed by atoms with Crippen LogP contribution in [0.4, 0.5) is 0 Å². The molecule has 1 saturated heterocycles. The molecule has 1 rings (SSSR count). The standard InChI is InChI=1S/C20H44O6S4Si2/c1-7-21-31(22-8-2,23-9-3)17-13-15-19-20(28-30-29-27-19)16-14-18-32(24-10-4,25-11-5)26-12-6/h19-20H,7-18H2,1-6H3. The molecule has 192 valence electrons. The maximum Gasteiger partial charge on any atom is 0.500 e. The van der Waals surface area contributed by atoms with Crippen molar-refractivity contribution >= 4 is 58.8 Å². The van der Waals surface area contributed by atoms with Gasteiger partial charge in [0.25, 0.3) is 0 Å². The highest BCUT2D eigenvalue weighted by Crippen LogP contribution is 2.57. The van der Waals surface area contributed by atoms with Crippen molar-refractivity contribution < 1.29 is 26.6 Å². The minimum atomic E-state index is -2.55. The van der Waals surface area contributed by atoms with Gasteiger partial charge in [-0.1, -0.05) is 21.6 Å². The number of hydrogen-bond donors (Lipinski definition) is 0. The first-order valence-electron chi connectivity index (χ1n) is 12.0. The van der Waals surface area contributed by atoms with Crippen LogP contribution in [0.5, 0.6) is 0 Å². The molecule has 0 aromatic carbocycles. The van der Waals surface area contributed by atoms with Gasteiger partial charge in [0.1, 0.15) is 0 Å². The summed E-state index contributed by atoms with van der Waals surface area (Å²) in [4.78, 5) is 0. The normalized spacial score (nSPS) is 20.1. The van der Waals surface area contributed by atoms with Crippen molar-refractivity contribution in [1.82, 2.24) is 0 Å². The molecule has 1 aliphatic heterocycles. The molecule has 0 aliphatic carbocycles. The Kier molecular flexibility index (Phi) is 18.6. The van der Waals surface area contributed by atoms with Gasteiger partial charge in [-0.25, -0.2) is 0 Å². The lowest BCUT2D eigenvalue weighted by atomic mass is 10.1. The van der Waals surface area contributed by atoms with E-state index < -0.39 is 17.6 Å². The minimum Gasteiger partial charge on any atom is -0.374 e. The van der Waals surface area contributed by atoms with Gasteiger partial charge < -0.3 is 26.6 Å². The molecule has 1 aliphatic rings. The van der Waals surface area contributed by atoms with E-state index in [1.165, 1.54) is 0 Å². The lowest BCUT2D eigenvalue weighted by Crippen LogP contribution is -2.46. The Bertz CT molecular complexity index is 396. The topological polar surface area (TPSA) is 55.4 Å². The van der Waals surface area contributed by atoms with E-state index in [1.807, 2.05) is 82.8 Å². The molecule has 0 radical (unpaired) electrons. The first-order valence-corrected chi connectivity index (χ1v) is 20.8. The van der Waals surface area contributed by atoms with Crippen molar-refractivity contribution in [2.75, 3.05) is 39.6 Å². The van der Waals surface area contributed by atoms with Gasteiger partial charge in [-0.15, -0.1) is 0 Å². The van der Waals surface area contributed by atoms with Crippen LogP contribution in [0.2, 0.25) is 12.1 Å². The summed E-state index contributed by atoms with van der Waals surface area (Å²) in [5.41, 5.74) is 0. The van der Waals surface area contributed by atoms with Crippen LogP contribution in [0.25, 0.3) is 0 Å². The van der Waals surface area contributed by atoms with Gasteiger partial charge in [-0.3, -0.25) is 0 Å². The summed E-state index contributed by atoms with van der Waals surface area (Å²) in [6, 6.07) is 1.79. The highest BCUT2D eigenvalue weighted by atomic mass is 33.7. The van der Waals surface area contributed by atoms with Crippen LogP contribution in [-0.4, -0.2) is 67.8 Å². The highest BCUT2D eigenvalue weighted by molar-refractivity contribution is 9.27. The summed E-state index contributed by atoms with van der Waals surface area (Å²) >= 11 is 0. The first-order chi connectivity index (χ1) is 15.5. The maximum atomic E-state index is 6.03. The Balaban J connectivity index is 2.62. The third-order valence-electron chi connectivity index (χ3n) is 4.90. The molecule has 1 heterocycles. The van der Waals surface area contributed by atoms with Crippen LogP contribution in [0, 0.1) is 0 Å². The second-order valence-electron chi connectivity index (χ2n) is 7.15. The van der Waals surface area contributed by atoms with Crippen molar-refractivity contribution in [3.63, 3.8) is 0 Å². The predicted octanol–water partition coefficient (Wildman–Crippen LogP) is 7.07. The van der Waals surface area contributed by atoms with Crippen LogP contribution in [0.15, 0.2) is 0 Å². The summed E-state index contributed by atoms with van der Waals surface area (Å²) in [6.45, 7) is 16.0. The highest BCUT2D eigenvalue weighted by Gasteiger charge is 2.42. The molecular weight excluding hydrogens is 521 g/mol. The Morgan fingerprint density at radius 1 is 0.500 bits per heavy atom. The van der Waals surface area contributed by atoms with Crippen LogP contribution >= 0.6 is 41.2 Å². The molecular formula is C20H44O6S4Si2. The van der Waals surface area contributed by atoms with Gasteiger partial charge in [0, 0.05) is 62.2 Å². The molecule has 0 aromatic rings. The Morgan fingerprint density at radius 2 is 0.781 bits per heavy atom. The van der Waals surface area contributed by atoms with Crippen molar-refractivity contribution in [3.8, 4) is 0 Å². The van der Waals surface area contributed by atoms with Gasteiger partial charge in [-0.2, -0.15) is 0 Å². The van der Waals surface area contributed by atoms with E-state index in [-0.39, 0.29) is 0 Å². The summed E-state index contributed by atoms with van der Waals surface area (Å²) in [7, 11) is 2.75. The van der Waals surface area contributed by atoms with Crippen molar-refractivity contribution in [3.05, 3.63) is 0 Å².